The van der Waals surface area contributed by atoms with E-state index >= 15 is 0 Å². The van der Waals surface area contributed by atoms with Gasteiger partial charge in [0.05, 0.1) is 17.1 Å². The SMILES string of the molecule is [2H]C([2H])(c1ccc(-c2ccc(F)cc2F)nc1)C([2H])([2H])c1cc(-c2ccccc2-c2cnc(-c3cccc(Br)c3)cc2-c2ccc(-c3ccccc3)cc2)cc(C([2H])([2H])C([2H])([2H])c2ccc(-c3ccc(F)cc3F)nc2)c1. The second-order valence-electron chi connectivity index (χ2n) is 16.0. The molecule has 0 unspecified atom stereocenters. The molecule has 0 fully saturated rings. The molecule has 7 aromatic carbocycles. The van der Waals surface area contributed by atoms with E-state index in [4.69, 9.17) is 4.98 Å². The standard InChI is InChI=1S/C61H42BrF4N3/c62-48-10-6-9-46(32-48)61-35-55(45-21-19-44(20-22-45)43-7-2-1-3-8-43)56(38-69-61)52-12-5-4-11-51(52)47-30-41(15-13-39-17-27-59(67-36-39)53-25-23-49(63)33-57(53)65)29-42(31-47)16-14-40-18-28-60(68-37-40)54-26-24-50(64)34-58(54)66/h1-12,17-38H,13-16H2/i13D2,14D2,15D2,16D2. The van der Waals surface area contributed by atoms with Crippen molar-refractivity contribution in [1.82, 2.24) is 15.0 Å². The van der Waals surface area contributed by atoms with Crippen molar-refractivity contribution < 1.29 is 28.5 Å². The number of benzene rings is 7. The molecule has 0 atom stereocenters. The lowest BCUT2D eigenvalue weighted by Gasteiger charge is -2.18. The number of rotatable bonds is 13. The molecular weight excluding hydrogens is 931 g/mol. The first-order valence-electron chi connectivity index (χ1n) is 25.7. The number of nitrogens with zero attached hydrogens (tertiary/aromatic N) is 3. The Morgan fingerprint density at radius 2 is 0.855 bits per heavy atom. The van der Waals surface area contributed by atoms with Gasteiger partial charge in [-0.2, -0.15) is 0 Å². The van der Waals surface area contributed by atoms with Gasteiger partial charge in [0.2, 0.25) is 0 Å². The smallest absolute Gasteiger partial charge is 0.135 e. The number of hydrogen-bond acceptors (Lipinski definition) is 3. The van der Waals surface area contributed by atoms with Crippen LogP contribution in [0.3, 0.4) is 0 Å². The highest BCUT2D eigenvalue weighted by molar-refractivity contribution is 9.10. The highest BCUT2D eigenvalue weighted by Crippen LogP contribution is 2.41. The first kappa shape index (κ1) is 36.3. The Morgan fingerprint density at radius 1 is 0.333 bits per heavy atom. The van der Waals surface area contributed by atoms with Crippen molar-refractivity contribution in [3.63, 3.8) is 0 Å². The van der Waals surface area contributed by atoms with Crippen molar-refractivity contribution in [2.45, 2.75) is 25.5 Å². The maximum absolute atomic E-state index is 14.8. The van der Waals surface area contributed by atoms with Gasteiger partial charge in [-0.3, -0.25) is 15.0 Å². The van der Waals surface area contributed by atoms with Crippen LogP contribution in [0.1, 0.15) is 33.2 Å². The Kier molecular flexibility index (Phi) is 10.6. The van der Waals surface area contributed by atoms with Gasteiger partial charge in [-0.15, -0.1) is 0 Å². The molecule has 3 nitrogen and oxygen atoms in total. The predicted octanol–water partition coefficient (Wildman–Crippen LogP) is 16.4. The van der Waals surface area contributed by atoms with Crippen LogP contribution < -0.4 is 0 Å². The van der Waals surface area contributed by atoms with Gasteiger partial charge in [0.15, 0.2) is 0 Å². The number of pyridine rings is 3. The zero-order valence-corrected chi connectivity index (χ0v) is 37.9. The molecule has 0 aliphatic carbocycles. The largest absolute Gasteiger partial charge is 0.256 e. The van der Waals surface area contributed by atoms with Crippen molar-refractivity contribution in [2.24, 2.45) is 0 Å². The minimum Gasteiger partial charge on any atom is -0.256 e. The van der Waals surface area contributed by atoms with E-state index in [2.05, 4.69) is 25.9 Å². The molecule has 0 N–H and O–H groups in total. The molecule has 0 radical (unpaired) electrons. The van der Waals surface area contributed by atoms with Crippen LogP contribution in [0.5, 0.6) is 0 Å². The second-order valence-corrected chi connectivity index (χ2v) is 16.9. The molecule has 0 saturated heterocycles. The zero-order chi connectivity index (χ0) is 54.4. The molecule has 0 aliphatic rings. The van der Waals surface area contributed by atoms with Crippen LogP contribution in [0.2, 0.25) is 0 Å². The molecule has 3 heterocycles. The van der Waals surface area contributed by atoms with Crippen LogP contribution in [0.25, 0.3) is 78.3 Å². The molecule has 0 bridgehead atoms. The summed E-state index contributed by atoms with van der Waals surface area (Å²) in [4.78, 5) is 13.4. The van der Waals surface area contributed by atoms with Crippen LogP contribution in [0, 0.1) is 23.3 Å². The van der Waals surface area contributed by atoms with Gasteiger partial charge in [0.1, 0.15) is 23.3 Å². The summed E-state index contributed by atoms with van der Waals surface area (Å²) in [6, 6.07) is 49.7. The van der Waals surface area contributed by atoms with E-state index < -0.39 is 48.8 Å². The lowest BCUT2D eigenvalue weighted by Crippen LogP contribution is -1.99. The lowest BCUT2D eigenvalue weighted by atomic mass is 9.87. The van der Waals surface area contributed by atoms with Crippen molar-refractivity contribution in [2.75, 3.05) is 0 Å². The van der Waals surface area contributed by atoms with E-state index in [9.17, 15) is 28.5 Å². The third-order valence-electron chi connectivity index (χ3n) is 11.4. The van der Waals surface area contributed by atoms with E-state index in [0.29, 0.717) is 34.5 Å². The molecule has 8 heteroatoms. The first-order valence-corrected chi connectivity index (χ1v) is 22.5. The van der Waals surface area contributed by atoms with Crippen LogP contribution in [-0.4, -0.2) is 15.0 Å². The van der Waals surface area contributed by atoms with E-state index in [-0.39, 0.29) is 50.3 Å². The number of hydrogen-bond donors (Lipinski definition) is 0. The van der Waals surface area contributed by atoms with Crippen molar-refractivity contribution in [1.29, 1.82) is 0 Å². The van der Waals surface area contributed by atoms with E-state index in [1.54, 1.807) is 18.3 Å². The minimum atomic E-state index is -3.01. The van der Waals surface area contributed by atoms with Crippen LogP contribution in [0.15, 0.2) is 211 Å². The molecular formula is C61H42BrF4N3. The van der Waals surface area contributed by atoms with Gasteiger partial charge in [-0.25, -0.2) is 17.6 Å². The fourth-order valence-corrected chi connectivity index (χ4v) is 8.42. The lowest BCUT2D eigenvalue weighted by molar-refractivity contribution is 0.584. The molecule has 0 saturated carbocycles. The summed E-state index contributed by atoms with van der Waals surface area (Å²) in [6.07, 6.45) is -8.04. The average molecular weight is 981 g/mol. The average Bonchev–Trinajstić information content (AvgIpc) is 3.46. The van der Waals surface area contributed by atoms with Gasteiger partial charge < -0.3 is 0 Å². The summed E-state index contributed by atoms with van der Waals surface area (Å²) in [5.41, 5.74) is 5.70. The monoisotopic (exact) mass is 979 g/mol. The number of aryl methyl sites for hydroxylation is 4. The number of halogens is 5. The zero-order valence-electron chi connectivity index (χ0n) is 44.4. The first-order chi connectivity index (χ1) is 36.7. The molecule has 3 aromatic heterocycles. The third-order valence-corrected chi connectivity index (χ3v) is 11.9. The molecule has 10 rings (SSSR count). The summed E-state index contributed by atoms with van der Waals surface area (Å²) < 4.78 is 134. The van der Waals surface area contributed by atoms with Crippen molar-refractivity contribution in [3.05, 3.63) is 257 Å². The van der Waals surface area contributed by atoms with Gasteiger partial charge in [-0.1, -0.05) is 137 Å². The third kappa shape index (κ3) is 10.4. The Balaban J connectivity index is 1.13. The highest BCUT2D eigenvalue weighted by Gasteiger charge is 2.18. The predicted molar refractivity (Wildman–Crippen MR) is 273 cm³/mol. The van der Waals surface area contributed by atoms with Crippen LogP contribution >= 0.6 is 15.9 Å². The summed E-state index contributed by atoms with van der Waals surface area (Å²) in [5, 5.41) is 0. The Morgan fingerprint density at radius 3 is 1.42 bits per heavy atom. The van der Waals surface area contributed by atoms with Gasteiger partial charge >= 0.3 is 0 Å². The van der Waals surface area contributed by atoms with E-state index in [1.807, 2.05) is 97.1 Å². The highest BCUT2D eigenvalue weighted by atomic mass is 79.9. The summed E-state index contributed by atoms with van der Waals surface area (Å²) in [5.74, 6) is -3.41. The molecule has 336 valence electrons. The van der Waals surface area contributed by atoms with Crippen LogP contribution in [-0.2, 0) is 25.5 Å². The van der Waals surface area contributed by atoms with Gasteiger partial charge in [-0.05, 0) is 141 Å². The molecule has 0 spiro atoms. The molecule has 10 aromatic rings. The normalized spacial score (nSPS) is 13.8. The summed E-state index contributed by atoms with van der Waals surface area (Å²) in [6.45, 7) is 0. The van der Waals surface area contributed by atoms with E-state index in [1.165, 1.54) is 48.5 Å². The molecule has 0 aliphatic heterocycles. The quantitative estimate of drug-likeness (QED) is 0.108. The minimum absolute atomic E-state index is 0.0370. The maximum atomic E-state index is 14.8. The Hall–Kier alpha value is -7.81. The van der Waals surface area contributed by atoms with Gasteiger partial charge in [0, 0.05) is 68.4 Å². The summed E-state index contributed by atoms with van der Waals surface area (Å²) in [7, 11) is 0. The Bertz CT molecular complexity index is 3690. The maximum Gasteiger partial charge on any atom is 0.135 e. The summed E-state index contributed by atoms with van der Waals surface area (Å²) >= 11 is 3.58. The topological polar surface area (TPSA) is 38.7 Å². The number of aromatic nitrogens is 3. The van der Waals surface area contributed by atoms with Gasteiger partial charge in [0.25, 0.3) is 0 Å². The fourth-order valence-electron chi connectivity index (χ4n) is 8.02. The van der Waals surface area contributed by atoms with Crippen molar-refractivity contribution in [3.8, 4) is 78.3 Å². The molecule has 69 heavy (non-hydrogen) atoms. The molecule has 0 amide bonds. The van der Waals surface area contributed by atoms with Crippen LogP contribution in [0.4, 0.5) is 17.6 Å². The fraction of sp³-hybridized carbons (Fsp3) is 0.0656. The van der Waals surface area contributed by atoms with Crippen molar-refractivity contribution >= 4 is 15.9 Å². The van der Waals surface area contributed by atoms with E-state index in [0.717, 1.165) is 62.9 Å². The Labute approximate surface area is 418 Å². The second kappa shape index (κ2) is 20.2.